The zero-order chi connectivity index (χ0) is 29.2. The number of amides is 4. The number of hydrogen-bond donors (Lipinski definition) is 4. The molecule has 1 saturated heterocycles. The van der Waals surface area contributed by atoms with Gasteiger partial charge in [0.25, 0.3) is 11.1 Å². The summed E-state index contributed by atoms with van der Waals surface area (Å²) in [6, 6.07) is 5.79. The molecule has 14 nitrogen and oxygen atoms in total. The van der Waals surface area contributed by atoms with E-state index in [2.05, 4.69) is 20.8 Å². The molecule has 16 heteroatoms. The van der Waals surface area contributed by atoms with Gasteiger partial charge < -0.3 is 25.3 Å². The molecule has 4 amide bonds. The Balaban J connectivity index is 1.39. The summed E-state index contributed by atoms with van der Waals surface area (Å²) in [5.74, 6) is -3.18. The van der Waals surface area contributed by atoms with Gasteiger partial charge in [-0.25, -0.2) is 9.59 Å². The average molecular weight is 591 g/mol. The number of benzene rings is 1. The van der Waals surface area contributed by atoms with Crippen molar-refractivity contribution in [1.29, 1.82) is 0 Å². The number of hydrogen-bond acceptors (Lipinski definition) is 11. The Labute approximate surface area is 236 Å². The van der Waals surface area contributed by atoms with Gasteiger partial charge in [-0.05, 0) is 38.0 Å². The average Bonchev–Trinajstić information content (AvgIpc) is 3.35. The fraction of sp³-hybridized carbons (Fsp3) is 0.375. The number of rotatable bonds is 9. The van der Waals surface area contributed by atoms with E-state index >= 15 is 0 Å². The molecule has 0 saturated carbocycles. The number of β-lactam (4-membered cyclic amide) rings is 1. The molecule has 1 fully saturated rings. The molecule has 5 N–H and O–H groups in total. The van der Waals surface area contributed by atoms with Crippen molar-refractivity contribution in [2.24, 2.45) is 5.73 Å². The monoisotopic (exact) mass is 590 g/mol. The van der Waals surface area contributed by atoms with E-state index in [4.69, 9.17) is 14.9 Å². The molecule has 4 rings (SSSR count). The van der Waals surface area contributed by atoms with Crippen LogP contribution in [-0.2, 0) is 25.5 Å². The number of fused-ring (bicyclic) bond motifs is 1. The smallest absolute Gasteiger partial charge is 0.412 e. The Hall–Kier alpha value is -4.05. The zero-order valence-electron chi connectivity index (χ0n) is 21.6. The molecular formula is C24H26N6O8S2. The van der Waals surface area contributed by atoms with E-state index in [0.717, 1.165) is 16.7 Å². The Morgan fingerprint density at radius 2 is 1.98 bits per heavy atom. The minimum Gasteiger partial charge on any atom is -0.477 e. The van der Waals surface area contributed by atoms with Crippen molar-refractivity contribution in [3.8, 4) is 0 Å². The Kier molecular flexibility index (Phi) is 8.39. The second-order valence-electron chi connectivity index (χ2n) is 9.70. The van der Waals surface area contributed by atoms with Gasteiger partial charge in [0, 0.05) is 17.2 Å². The molecular weight excluding hydrogens is 564 g/mol. The van der Waals surface area contributed by atoms with Crippen LogP contribution >= 0.6 is 23.5 Å². The summed E-state index contributed by atoms with van der Waals surface area (Å²) >= 11 is 2.31. The molecule has 0 radical (unpaired) electrons. The third-order valence-electron chi connectivity index (χ3n) is 5.56. The molecule has 3 heterocycles. The van der Waals surface area contributed by atoms with Gasteiger partial charge in [0.15, 0.2) is 0 Å². The van der Waals surface area contributed by atoms with Crippen molar-refractivity contribution >= 4 is 59.0 Å². The van der Waals surface area contributed by atoms with Gasteiger partial charge >= 0.3 is 23.9 Å². The number of primary amides is 1. The number of nitrogens with one attached hydrogen (secondary N) is 2. The second-order valence-corrected chi connectivity index (χ2v) is 11.7. The Bertz CT molecular complexity index is 1400. The minimum atomic E-state index is -1.29. The second kappa shape index (κ2) is 11.6. The van der Waals surface area contributed by atoms with E-state index in [9.17, 15) is 29.1 Å². The van der Waals surface area contributed by atoms with E-state index in [1.807, 2.05) is 0 Å². The number of ether oxygens (including phenoxy) is 1. The van der Waals surface area contributed by atoms with Gasteiger partial charge in [0.05, 0.1) is 6.42 Å². The SMILES string of the molecule is CC(C)(C)OC(=O)Nc1ccccc1CC(=O)NC1C(=O)N2C(C(=O)O)=C(CSc3nnc(C(N)=O)o3)CS[C@H]12. The summed E-state index contributed by atoms with van der Waals surface area (Å²) < 4.78 is 10.4. The maximum absolute atomic E-state index is 13.0. The number of aliphatic carboxylic acids is 1. The summed E-state index contributed by atoms with van der Waals surface area (Å²) in [4.78, 5) is 62.4. The van der Waals surface area contributed by atoms with Crippen molar-refractivity contribution in [3.05, 3.63) is 47.0 Å². The van der Waals surface area contributed by atoms with Crippen LogP contribution in [0.1, 0.15) is 37.0 Å². The summed E-state index contributed by atoms with van der Waals surface area (Å²) in [6.45, 7) is 5.20. The van der Waals surface area contributed by atoms with E-state index in [1.165, 1.54) is 11.8 Å². The Morgan fingerprint density at radius 3 is 2.62 bits per heavy atom. The molecule has 2 aliphatic rings. The molecule has 212 valence electrons. The van der Waals surface area contributed by atoms with E-state index in [-0.39, 0.29) is 34.7 Å². The van der Waals surface area contributed by atoms with Crippen LogP contribution in [0, 0.1) is 0 Å². The molecule has 40 heavy (non-hydrogen) atoms. The van der Waals surface area contributed by atoms with Gasteiger partial charge in [-0.2, -0.15) is 0 Å². The topological polar surface area (TPSA) is 207 Å². The fourth-order valence-corrected chi connectivity index (χ4v) is 6.17. The lowest BCUT2D eigenvalue weighted by Gasteiger charge is -2.49. The number of nitrogens with two attached hydrogens (primary N) is 1. The van der Waals surface area contributed by atoms with Gasteiger partial charge in [-0.3, -0.25) is 24.6 Å². The first kappa shape index (κ1) is 28.9. The normalized spacial score (nSPS) is 18.5. The molecule has 1 unspecified atom stereocenters. The maximum Gasteiger partial charge on any atom is 0.412 e. The van der Waals surface area contributed by atoms with Crippen LogP contribution < -0.4 is 16.4 Å². The number of nitrogens with zero attached hydrogens (tertiary/aromatic N) is 3. The zero-order valence-corrected chi connectivity index (χ0v) is 23.3. The maximum atomic E-state index is 13.0. The number of carbonyl (C=O) groups excluding carboxylic acids is 4. The number of aromatic nitrogens is 2. The predicted molar refractivity (Wildman–Crippen MR) is 143 cm³/mol. The van der Waals surface area contributed by atoms with Crippen LogP contribution in [0.4, 0.5) is 10.5 Å². The fourth-order valence-electron chi connectivity index (χ4n) is 3.92. The summed E-state index contributed by atoms with van der Waals surface area (Å²) in [5.41, 5.74) is 5.56. The molecule has 1 aromatic carbocycles. The molecule has 2 aromatic rings. The number of carboxylic acids is 1. The highest BCUT2D eigenvalue weighted by atomic mass is 32.2. The van der Waals surface area contributed by atoms with E-state index in [0.29, 0.717) is 16.8 Å². The lowest BCUT2D eigenvalue weighted by molar-refractivity contribution is -0.150. The van der Waals surface area contributed by atoms with Crippen LogP contribution in [-0.4, -0.2) is 78.5 Å². The first-order valence-corrected chi connectivity index (χ1v) is 13.9. The molecule has 1 aromatic heterocycles. The summed E-state index contributed by atoms with van der Waals surface area (Å²) in [5, 5.41) is 21.8. The summed E-state index contributed by atoms with van der Waals surface area (Å²) in [6.07, 6.45) is -0.799. The van der Waals surface area contributed by atoms with Gasteiger partial charge in [0.2, 0.25) is 5.91 Å². The Morgan fingerprint density at radius 1 is 1.25 bits per heavy atom. The number of carboxylic acid groups (broad SMARTS) is 1. The standard InChI is InChI=1S/C24H26N6O8S2/c1-24(2,3)38-22(36)26-13-7-5-4-6-11(13)8-14(31)27-15-19(33)30-16(21(34)35)12(9-39-20(15)30)10-40-23-29-28-18(37-23)17(25)32/h4-7,15,20H,8-10H2,1-3H3,(H2,25,32)(H,26,36)(H,27,31)(H,34,35)/t15?,20-/m1/s1. The number of thioether (sulfide) groups is 2. The number of anilines is 1. The molecule has 0 bridgehead atoms. The largest absolute Gasteiger partial charge is 0.477 e. The van der Waals surface area contributed by atoms with E-state index < -0.39 is 46.8 Å². The van der Waals surface area contributed by atoms with Crippen molar-refractivity contribution in [1.82, 2.24) is 20.4 Å². The summed E-state index contributed by atoms with van der Waals surface area (Å²) in [7, 11) is 0. The van der Waals surface area contributed by atoms with Crippen molar-refractivity contribution in [2.45, 2.75) is 49.4 Å². The minimum absolute atomic E-state index is 0.0275. The van der Waals surface area contributed by atoms with Crippen LogP contribution in [0.15, 0.2) is 45.2 Å². The lowest BCUT2D eigenvalue weighted by Crippen LogP contribution is -2.70. The highest BCUT2D eigenvalue weighted by Crippen LogP contribution is 2.41. The molecule has 2 aliphatic heterocycles. The van der Waals surface area contributed by atoms with Crippen molar-refractivity contribution in [3.63, 3.8) is 0 Å². The van der Waals surface area contributed by atoms with Crippen molar-refractivity contribution in [2.75, 3.05) is 16.8 Å². The van der Waals surface area contributed by atoms with Gasteiger partial charge in [-0.15, -0.1) is 22.0 Å². The third-order valence-corrected chi connectivity index (χ3v) is 7.80. The van der Waals surface area contributed by atoms with Crippen molar-refractivity contribution < 1.29 is 38.2 Å². The number of carbonyl (C=O) groups is 5. The number of para-hydroxylation sites is 1. The van der Waals surface area contributed by atoms with Gasteiger partial charge in [0.1, 0.15) is 22.7 Å². The first-order valence-electron chi connectivity index (χ1n) is 11.9. The molecule has 2 atom stereocenters. The highest BCUT2D eigenvalue weighted by Gasteiger charge is 2.54. The van der Waals surface area contributed by atoms with Crippen LogP contribution in [0.3, 0.4) is 0 Å². The predicted octanol–water partition coefficient (Wildman–Crippen LogP) is 1.59. The molecule has 0 spiro atoms. The van der Waals surface area contributed by atoms with Crippen LogP contribution in [0.25, 0.3) is 0 Å². The quantitative estimate of drug-likeness (QED) is 0.243. The first-order chi connectivity index (χ1) is 18.8. The van der Waals surface area contributed by atoms with Crippen LogP contribution in [0.5, 0.6) is 0 Å². The van der Waals surface area contributed by atoms with Crippen LogP contribution in [0.2, 0.25) is 0 Å². The third kappa shape index (κ3) is 6.56. The van der Waals surface area contributed by atoms with Gasteiger partial charge in [-0.1, -0.05) is 30.0 Å². The lowest BCUT2D eigenvalue weighted by atomic mass is 10.0. The highest BCUT2D eigenvalue weighted by molar-refractivity contribution is 8.01. The molecule has 0 aliphatic carbocycles. The van der Waals surface area contributed by atoms with E-state index in [1.54, 1.807) is 45.0 Å².